The summed E-state index contributed by atoms with van der Waals surface area (Å²) in [6, 6.07) is 0.271. The zero-order valence-electron chi connectivity index (χ0n) is 15.1. The van der Waals surface area contributed by atoms with Gasteiger partial charge < -0.3 is 19.7 Å². The number of carbonyl (C=O) groups excluding carboxylic acids is 2. The summed E-state index contributed by atoms with van der Waals surface area (Å²) in [6.45, 7) is 5.77. The van der Waals surface area contributed by atoms with Crippen LogP contribution in [0.3, 0.4) is 0 Å². The molecular formula is C18H29N5O2. The lowest BCUT2D eigenvalue weighted by Crippen LogP contribution is -2.50. The van der Waals surface area contributed by atoms with Gasteiger partial charge in [-0.25, -0.2) is 9.78 Å². The second kappa shape index (κ2) is 8.36. The first-order valence-electron chi connectivity index (χ1n) is 9.45. The van der Waals surface area contributed by atoms with Gasteiger partial charge in [0, 0.05) is 57.6 Å². The van der Waals surface area contributed by atoms with E-state index in [1.807, 2.05) is 27.5 Å². The molecule has 7 nitrogen and oxygen atoms in total. The van der Waals surface area contributed by atoms with Crippen molar-refractivity contribution in [3.8, 4) is 0 Å². The van der Waals surface area contributed by atoms with E-state index in [1.165, 1.54) is 0 Å². The Labute approximate surface area is 149 Å². The highest BCUT2D eigenvalue weighted by Crippen LogP contribution is 2.21. The van der Waals surface area contributed by atoms with Crippen LogP contribution in [0.1, 0.15) is 44.3 Å². The molecule has 2 aliphatic heterocycles. The van der Waals surface area contributed by atoms with Crippen molar-refractivity contribution in [3.05, 3.63) is 18.2 Å². The van der Waals surface area contributed by atoms with Gasteiger partial charge in [-0.1, -0.05) is 0 Å². The molecular weight excluding hydrogens is 318 g/mol. The van der Waals surface area contributed by atoms with Gasteiger partial charge in [-0.15, -0.1) is 0 Å². The van der Waals surface area contributed by atoms with E-state index in [9.17, 15) is 9.59 Å². The Balaban J connectivity index is 1.46. The number of hydrogen-bond acceptors (Lipinski definition) is 3. The summed E-state index contributed by atoms with van der Waals surface area (Å²) in [6.07, 6.45) is 9.51. The lowest BCUT2D eigenvalue weighted by molar-refractivity contribution is -0.127. The average Bonchev–Trinajstić information content (AvgIpc) is 3.21. The number of amides is 3. The fourth-order valence-electron chi connectivity index (χ4n) is 3.84. The van der Waals surface area contributed by atoms with Crippen LogP contribution in [0, 0.1) is 6.92 Å². The minimum Gasteiger partial charge on any atom is -0.343 e. The van der Waals surface area contributed by atoms with Crippen LogP contribution in [0.2, 0.25) is 0 Å². The molecule has 2 fully saturated rings. The number of imidazole rings is 1. The van der Waals surface area contributed by atoms with E-state index < -0.39 is 0 Å². The third-order valence-corrected chi connectivity index (χ3v) is 5.34. The largest absolute Gasteiger partial charge is 0.343 e. The van der Waals surface area contributed by atoms with Crippen LogP contribution in [0.4, 0.5) is 4.79 Å². The number of nitrogens with zero attached hydrogens (tertiary/aromatic N) is 4. The van der Waals surface area contributed by atoms with E-state index in [0.29, 0.717) is 13.0 Å². The Morgan fingerprint density at radius 1 is 1.28 bits per heavy atom. The molecule has 2 aliphatic rings. The molecule has 25 heavy (non-hydrogen) atoms. The molecule has 0 spiro atoms. The summed E-state index contributed by atoms with van der Waals surface area (Å²) >= 11 is 0. The maximum Gasteiger partial charge on any atom is 0.317 e. The van der Waals surface area contributed by atoms with Gasteiger partial charge in [0.1, 0.15) is 5.82 Å². The molecule has 2 saturated heterocycles. The Morgan fingerprint density at radius 3 is 2.88 bits per heavy atom. The normalized spacial score (nSPS) is 21.0. The van der Waals surface area contributed by atoms with Crippen molar-refractivity contribution < 1.29 is 9.59 Å². The molecule has 0 radical (unpaired) electrons. The Bertz CT molecular complexity index is 600. The predicted octanol–water partition coefficient (Wildman–Crippen LogP) is 1.77. The van der Waals surface area contributed by atoms with E-state index in [2.05, 4.69) is 10.3 Å². The summed E-state index contributed by atoms with van der Waals surface area (Å²) in [5.74, 6) is 1.22. The number of aromatic nitrogens is 2. The van der Waals surface area contributed by atoms with Crippen molar-refractivity contribution in [3.63, 3.8) is 0 Å². The van der Waals surface area contributed by atoms with Gasteiger partial charge in [-0.3, -0.25) is 4.79 Å². The fraction of sp³-hybridized carbons (Fsp3) is 0.722. The van der Waals surface area contributed by atoms with Crippen LogP contribution in [-0.2, 0) is 11.3 Å². The monoisotopic (exact) mass is 347 g/mol. The number of likely N-dealkylation sites (tertiary alicyclic amines) is 2. The van der Waals surface area contributed by atoms with Gasteiger partial charge >= 0.3 is 6.03 Å². The molecule has 0 aliphatic carbocycles. The lowest BCUT2D eigenvalue weighted by Gasteiger charge is -2.36. The molecule has 1 aromatic heterocycles. The quantitative estimate of drug-likeness (QED) is 0.852. The van der Waals surface area contributed by atoms with Gasteiger partial charge in [-0.05, 0) is 39.0 Å². The van der Waals surface area contributed by atoms with Crippen LogP contribution in [0.15, 0.2) is 12.4 Å². The molecule has 3 rings (SSSR count). The van der Waals surface area contributed by atoms with Gasteiger partial charge in [0.25, 0.3) is 0 Å². The molecule has 0 bridgehead atoms. The number of urea groups is 1. The van der Waals surface area contributed by atoms with E-state index in [0.717, 1.165) is 64.1 Å². The van der Waals surface area contributed by atoms with E-state index in [-0.39, 0.29) is 18.0 Å². The van der Waals surface area contributed by atoms with Crippen LogP contribution in [-0.4, -0.2) is 63.5 Å². The summed E-state index contributed by atoms with van der Waals surface area (Å²) in [4.78, 5) is 32.5. The second-order valence-corrected chi connectivity index (χ2v) is 7.02. The van der Waals surface area contributed by atoms with Crippen molar-refractivity contribution in [1.82, 2.24) is 24.7 Å². The molecule has 0 saturated carbocycles. The van der Waals surface area contributed by atoms with Crippen LogP contribution < -0.4 is 5.32 Å². The molecule has 138 valence electrons. The highest BCUT2D eigenvalue weighted by molar-refractivity contribution is 5.78. The first-order valence-corrected chi connectivity index (χ1v) is 9.45. The van der Waals surface area contributed by atoms with Gasteiger partial charge in [0.15, 0.2) is 0 Å². The highest BCUT2D eigenvalue weighted by atomic mass is 16.2. The van der Waals surface area contributed by atoms with Gasteiger partial charge in [0.05, 0.1) is 0 Å². The van der Waals surface area contributed by atoms with Crippen molar-refractivity contribution >= 4 is 11.9 Å². The van der Waals surface area contributed by atoms with Crippen LogP contribution >= 0.6 is 0 Å². The number of aryl methyl sites for hydroxylation is 1. The minimum absolute atomic E-state index is 0.0233. The van der Waals surface area contributed by atoms with Crippen molar-refractivity contribution in [1.29, 1.82) is 0 Å². The van der Waals surface area contributed by atoms with Crippen molar-refractivity contribution in [2.75, 3.05) is 26.2 Å². The summed E-state index contributed by atoms with van der Waals surface area (Å²) in [5.41, 5.74) is 0. The number of nitrogens with one attached hydrogen (secondary N) is 1. The third-order valence-electron chi connectivity index (χ3n) is 5.34. The van der Waals surface area contributed by atoms with Gasteiger partial charge in [0.2, 0.25) is 5.91 Å². The molecule has 1 unspecified atom stereocenters. The maximum atomic E-state index is 12.6. The molecule has 1 N–H and O–H groups in total. The molecule has 0 aromatic carbocycles. The van der Waals surface area contributed by atoms with Crippen LogP contribution in [0.25, 0.3) is 0 Å². The zero-order valence-corrected chi connectivity index (χ0v) is 15.1. The molecule has 7 heteroatoms. The Morgan fingerprint density at radius 2 is 2.16 bits per heavy atom. The van der Waals surface area contributed by atoms with Crippen molar-refractivity contribution in [2.45, 2.75) is 58.0 Å². The first-order chi connectivity index (χ1) is 12.1. The minimum atomic E-state index is 0.0233. The predicted molar refractivity (Wildman–Crippen MR) is 95.1 cm³/mol. The number of carbonyl (C=O) groups is 2. The second-order valence-electron chi connectivity index (χ2n) is 7.02. The first kappa shape index (κ1) is 17.8. The number of rotatable bonds is 6. The van der Waals surface area contributed by atoms with E-state index >= 15 is 0 Å². The number of hydrogen-bond donors (Lipinski definition) is 1. The van der Waals surface area contributed by atoms with Crippen LogP contribution in [0.5, 0.6) is 0 Å². The molecule has 1 aromatic rings. The third kappa shape index (κ3) is 4.52. The van der Waals surface area contributed by atoms with E-state index in [4.69, 9.17) is 0 Å². The molecule has 1 atom stereocenters. The maximum absolute atomic E-state index is 12.6. The SMILES string of the molecule is Cc1nccn1CCNC(=O)N1CCCCC1CCN1CCCC1=O. The average molecular weight is 347 g/mol. The van der Waals surface area contributed by atoms with Gasteiger partial charge in [-0.2, -0.15) is 0 Å². The molecule has 3 heterocycles. The molecule has 3 amide bonds. The zero-order chi connectivity index (χ0) is 17.6. The Kier molecular flexibility index (Phi) is 5.94. The lowest BCUT2D eigenvalue weighted by atomic mass is 9.99. The summed E-state index contributed by atoms with van der Waals surface area (Å²) < 4.78 is 2.03. The standard InChI is InChI=1S/C18H29N5O2/c1-15-19-8-13-21(15)14-9-20-18(25)23-11-3-2-5-16(23)7-12-22-10-4-6-17(22)24/h8,13,16H,2-7,9-12,14H2,1H3,(H,20,25). The fourth-order valence-corrected chi connectivity index (χ4v) is 3.84. The topological polar surface area (TPSA) is 70.5 Å². The highest BCUT2D eigenvalue weighted by Gasteiger charge is 2.28. The number of piperidine rings is 1. The van der Waals surface area contributed by atoms with Crippen molar-refractivity contribution in [2.24, 2.45) is 0 Å². The summed E-state index contributed by atoms with van der Waals surface area (Å²) in [5, 5.41) is 3.04. The Hall–Kier alpha value is -2.05. The summed E-state index contributed by atoms with van der Waals surface area (Å²) in [7, 11) is 0. The van der Waals surface area contributed by atoms with E-state index in [1.54, 1.807) is 6.20 Å². The smallest absolute Gasteiger partial charge is 0.317 e.